The van der Waals surface area contributed by atoms with Crippen molar-refractivity contribution in [3.63, 3.8) is 0 Å². The van der Waals surface area contributed by atoms with Gasteiger partial charge in [-0.1, -0.05) is 34.8 Å². The van der Waals surface area contributed by atoms with E-state index in [2.05, 4.69) is 10.8 Å². The molecule has 1 amide bonds. The second-order valence-electron chi connectivity index (χ2n) is 8.41. The molecule has 1 atom stereocenters. The standard InChI is InChI=1S/C22H19Cl3F4N2O3/c1-20(2,3)33-19(32)30-10-12-6-11(4-5-16(12)26)17-9-21(34-31-17,22(27,28)29)13-7-14(23)18(25)15(24)8-13/h4-9,31H,10H2,1-3H3,(H,30,32). The molecule has 0 fully saturated rings. The van der Waals surface area contributed by atoms with Crippen LogP contribution in [0, 0.1) is 5.82 Å². The fraction of sp³-hybridized carbons (Fsp3) is 0.318. The Kier molecular flexibility index (Phi) is 7.34. The number of alkyl carbamates (subject to hydrolysis) is 1. The van der Waals surface area contributed by atoms with E-state index in [1.54, 1.807) is 20.8 Å². The van der Waals surface area contributed by atoms with Crippen LogP contribution in [0.5, 0.6) is 0 Å². The van der Waals surface area contributed by atoms with E-state index in [4.69, 9.17) is 44.4 Å². The van der Waals surface area contributed by atoms with E-state index in [0.717, 1.165) is 24.3 Å². The SMILES string of the molecule is CC(C)(C)OC(=O)NCc1cc(C2=CC(c3cc(Cl)c(Cl)c(Cl)c3)(C(F)(F)F)ON2)ccc1F. The van der Waals surface area contributed by atoms with Crippen molar-refractivity contribution >= 4 is 46.6 Å². The number of ether oxygens (including phenoxy) is 1. The molecule has 0 bridgehead atoms. The predicted molar refractivity (Wildman–Crippen MR) is 121 cm³/mol. The molecule has 0 radical (unpaired) electrons. The van der Waals surface area contributed by atoms with Crippen molar-refractivity contribution in [3.05, 3.63) is 74.0 Å². The highest BCUT2D eigenvalue weighted by molar-refractivity contribution is 6.48. The number of hydrogen-bond acceptors (Lipinski definition) is 4. The summed E-state index contributed by atoms with van der Waals surface area (Å²) in [6, 6.07) is 5.62. The largest absolute Gasteiger partial charge is 0.444 e. The highest BCUT2D eigenvalue weighted by Crippen LogP contribution is 2.49. The normalized spacial score (nSPS) is 18.4. The Balaban J connectivity index is 1.95. The highest BCUT2D eigenvalue weighted by atomic mass is 35.5. The summed E-state index contributed by atoms with van der Waals surface area (Å²) in [5.41, 5.74) is -1.73. The van der Waals surface area contributed by atoms with Gasteiger partial charge >= 0.3 is 12.3 Å². The number of rotatable bonds is 4. The van der Waals surface area contributed by atoms with Crippen molar-refractivity contribution in [2.45, 2.75) is 44.7 Å². The number of alkyl halides is 3. The molecule has 12 heteroatoms. The molecular formula is C22H19Cl3F4N2O3. The molecule has 1 aliphatic heterocycles. The summed E-state index contributed by atoms with van der Waals surface area (Å²) in [4.78, 5) is 16.9. The summed E-state index contributed by atoms with van der Waals surface area (Å²) in [6.45, 7) is 4.75. The Morgan fingerprint density at radius 2 is 1.74 bits per heavy atom. The van der Waals surface area contributed by atoms with Crippen LogP contribution in [0.1, 0.15) is 37.5 Å². The molecule has 3 rings (SSSR count). The molecule has 1 unspecified atom stereocenters. The quantitative estimate of drug-likeness (QED) is 0.319. The van der Waals surface area contributed by atoms with Crippen molar-refractivity contribution in [1.29, 1.82) is 0 Å². The van der Waals surface area contributed by atoms with Crippen LogP contribution in [0.3, 0.4) is 0 Å². The van der Waals surface area contributed by atoms with Crippen LogP contribution in [-0.2, 0) is 21.7 Å². The van der Waals surface area contributed by atoms with Crippen LogP contribution in [0.2, 0.25) is 15.1 Å². The zero-order valence-corrected chi connectivity index (χ0v) is 20.3. The summed E-state index contributed by atoms with van der Waals surface area (Å²) < 4.78 is 62.0. The third-order valence-electron chi connectivity index (χ3n) is 4.68. The zero-order valence-electron chi connectivity index (χ0n) is 18.0. The summed E-state index contributed by atoms with van der Waals surface area (Å²) in [5, 5.41) is 1.94. The number of nitrogens with one attached hydrogen (secondary N) is 2. The van der Waals surface area contributed by atoms with Gasteiger partial charge in [0, 0.05) is 23.2 Å². The number of benzene rings is 2. The second-order valence-corrected chi connectivity index (χ2v) is 9.60. The van der Waals surface area contributed by atoms with Gasteiger partial charge in [-0.05, 0) is 57.2 Å². The van der Waals surface area contributed by atoms with Crippen LogP contribution in [0.15, 0.2) is 36.4 Å². The molecule has 184 valence electrons. The number of hydrogen-bond donors (Lipinski definition) is 2. The molecule has 2 aromatic carbocycles. The van der Waals surface area contributed by atoms with Crippen molar-refractivity contribution in [2.75, 3.05) is 0 Å². The molecule has 1 aliphatic rings. The summed E-state index contributed by atoms with van der Waals surface area (Å²) >= 11 is 17.7. The van der Waals surface area contributed by atoms with Gasteiger partial charge in [-0.25, -0.2) is 9.18 Å². The topological polar surface area (TPSA) is 59.6 Å². The van der Waals surface area contributed by atoms with E-state index in [-0.39, 0.29) is 38.4 Å². The second kappa shape index (κ2) is 9.45. The Morgan fingerprint density at radius 1 is 1.12 bits per heavy atom. The Morgan fingerprint density at radius 3 is 2.29 bits per heavy atom. The minimum atomic E-state index is -4.93. The molecule has 0 saturated heterocycles. The summed E-state index contributed by atoms with van der Waals surface area (Å²) in [7, 11) is 0. The number of halogens is 7. The van der Waals surface area contributed by atoms with Crippen LogP contribution in [0.25, 0.3) is 5.70 Å². The van der Waals surface area contributed by atoms with Gasteiger partial charge in [0.25, 0.3) is 0 Å². The third kappa shape index (κ3) is 5.54. The maximum absolute atomic E-state index is 14.3. The fourth-order valence-electron chi connectivity index (χ4n) is 3.11. The lowest BCUT2D eigenvalue weighted by Gasteiger charge is -2.29. The molecular weight excluding hydrogens is 523 g/mol. The van der Waals surface area contributed by atoms with Gasteiger partial charge < -0.3 is 10.1 Å². The van der Waals surface area contributed by atoms with E-state index in [1.807, 2.05) is 0 Å². The molecule has 0 aromatic heterocycles. The molecule has 34 heavy (non-hydrogen) atoms. The van der Waals surface area contributed by atoms with Crippen LogP contribution in [-0.4, -0.2) is 17.9 Å². The van der Waals surface area contributed by atoms with Crippen LogP contribution < -0.4 is 10.8 Å². The van der Waals surface area contributed by atoms with Gasteiger partial charge in [0.05, 0.1) is 20.8 Å². The molecule has 2 N–H and O–H groups in total. The lowest BCUT2D eigenvalue weighted by molar-refractivity contribution is -0.269. The molecule has 0 saturated carbocycles. The first-order chi connectivity index (χ1) is 15.6. The molecule has 1 heterocycles. The van der Waals surface area contributed by atoms with Crippen molar-refractivity contribution < 1.29 is 31.9 Å². The van der Waals surface area contributed by atoms with Crippen LogP contribution in [0.4, 0.5) is 22.4 Å². The van der Waals surface area contributed by atoms with Gasteiger partial charge in [-0.2, -0.15) is 13.2 Å². The summed E-state index contributed by atoms with van der Waals surface area (Å²) in [5.74, 6) is -0.669. The summed E-state index contributed by atoms with van der Waals surface area (Å²) in [6.07, 6.45) is -4.91. The minimum Gasteiger partial charge on any atom is -0.444 e. The lowest BCUT2D eigenvalue weighted by Crippen LogP contribution is -2.42. The van der Waals surface area contributed by atoms with E-state index >= 15 is 0 Å². The number of carbonyl (C=O) groups excluding carboxylic acids is 1. The first kappa shape index (κ1) is 26.4. The minimum absolute atomic E-state index is 0.0214. The van der Waals surface area contributed by atoms with Gasteiger partial charge in [-0.3, -0.25) is 10.3 Å². The first-order valence-corrected chi connectivity index (χ1v) is 10.9. The maximum atomic E-state index is 14.3. The van der Waals surface area contributed by atoms with Gasteiger partial charge in [0.2, 0.25) is 5.60 Å². The predicted octanol–water partition coefficient (Wildman–Crippen LogP) is 7.14. The van der Waals surface area contributed by atoms with E-state index in [9.17, 15) is 22.4 Å². The molecule has 0 spiro atoms. The van der Waals surface area contributed by atoms with Crippen molar-refractivity contribution in [3.8, 4) is 0 Å². The number of hydroxylamine groups is 1. The average molecular weight is 542 g/mol. The fourth-order valence-corrected chi connectivity index (χ4v) is 3.71. The van der Waals surface area contributed by atoms with Gasteiger partial charge in [-0.15, -0.1) is 0 Å². The average Bonchev–Trinajstić information content (AvgIpc) is 3.16. The first-order valence-electron chi connectivity index (χ1n) is 9.77. The Hall–Kier alpha value is -2.20. The van der Waals surface area contributed by atoms with Crippen molar-refractivity contribution in [1.82, 2.24) is 10.8 Å². The number of amides is 1. The van der Waals surface area contributed by atoms with E-state index < -0.39 is 34.9 Å². The lowest BCUT2D eigenvalue weighted by atomic mass is 9.91. The number of carbonyl (C=O) groups is 1. The van der Waals surface area contributed by atoms with E-state index in [1.165, 1.54) is 12.1 Å². The van der Waals surface area contributed by atoms with E-state index in [0.29, 0.717) is 0 Å². The zero-order chi connectivity index (χ0) is 25.5. The van der Waals surface area contributed by atoms with Gasteiger partial charge in [0.15, 0.2) is 0 Å². The maximum Gasteiger partial charge on any atom is 0.428 e. The molecule has 5 nitrogen and oxygen atoms in total. The smallest absolute Gasteiger partial charge is 0.428 e. The Labute approximate surface area is 207 Å². The van der Waals surface area contributed by atoms with Crippen LogP contribution >= 0.6 is 34.8 Å². The Bertz CT molecular complexity index is 1130. The highest BCUT2D eigenvalue weighted by Gasteiger charge is 2.59. The van der Waals surface area contributed by atoms with Gasteiger partial charge in [0.1, 0.15) is 11.4 Å². The molecule has 2 aromatic rings. The monoisotopic (exact) mass is 540 g/mol. The third-order valence-corrected chi connectivity index (χ3v) is 5.88. The molecule has 0 aliphatic carbocycles. The van der Waals surface area contributed by atoms with Crippen molar-refractivity contribution in [2.24, 2.45) is 0 Å².